The fourth-order valence-corrected chi connectivity index (χ4v) is 6.04. The highest BCUT2D eigenvalue weighted by Crippen LogP contribution is 2.46. The van der Waals surface area contributed by atoms with Crippen LogP contribution in [0.15, 0.2) is 97.1 Å². The lowest BCUT2D eigenvalue weighted by molar-refractivity contribution is -0.133. The van der Waals surface area contributed by atoms with Crippen LogP contribution in [0.2, 0.25) is 0 Å². The van der Waals surface area contributed by atoms with Gasteiger partial charge in [-0.15, -0.1) is 0 Å². The summed E-state index contributed by atoms with van der Waals surface area (Å²) in [6, 6.07) is 28.3. The summed E-state index contributed by atoms with van der Waals surface area (Å²) < 4.78 is 25.2. The summed E-state index contributed by atoms with van der Waals surface area (Å²) in [5, 5.41) is 0. The van der Waals surface area contributed by atoms with Crippen molar-refractivity contribution in [1.82, 2.24) is 4.90 Å². The molecule has 1 fully saturated rings. The molecule has 0 aromatic heterocycles. The number of para-hydroxylation sites is 1. The van der Waals surface area contributed by atoms with Gasteiger partial charge in [0.15, 0.2) is 0 Å². The number of carbonyl (C=O) groups is 2. The summed E-state index contributed by atoms with van der Waals surface area (Å²) in [6.07, 6.45) is 0. The molecule has 0 spiro atoms. The molecule has 0 saturated carbocycles. The van der Waals surface area contributed by atoms with Gasteiger partial charge in [0.2, 0.25) is 5.91 Å². The predicted molar refractivity (Wildman–Crippen MR) is 160 cm³/mol. The number of rotatable bonds is 6. The Balaban J connectivity index is 1.41. The van der Waals surface area contributed by atoms with Gasteiger partial charge < -0.3 is 19.3 Å². The molecule has 4 aromatic carbocycles. The topological polar surface area (TPSA) is 62.3 Å². The normalized spacial score (nSPS) is 18.5. The molecular formula is C34H32FN3O4. The Morgan fingerprint density at radius 3 is 2.00 bits per heavy atom. The lowest BCUT2D eigenvalue weighted by atomic mass is 9.78. The minimum atomic E-state index is -0.658. The first-order valence-corrected chi connectivity index (χ1v) is 14.0. The van der Waals surface area contributed by atoms with Crippen molar-refractivity contribution in [3.8, 4) is 11.5 Å². The van der Waals surface area contributed by atoms with Crippen molar-refractivity contribution in [2.75, 3.05) is 50.2 Å². The Bertz CT molecular complexity index is 1580. The molecule has 7 nitrogen and oxygen atoms in total. The molecule has 2 atom stereocenters. The van der Waals surface area contributed by atoms with E-state index in [2.05, 4.69) is 0 Å². The third kappa shape index (κ3) is 4.93. The Labute approximate surface area is 244 Å². The van der Waals surface area contributed by atoms with E-state index < -0.39 is 12.0 Å². The fourth-order valence-electron chi connectivity index (χ4n) is 6.04. The number of benzene rings is 4. The maximum Gasteiger partial charge on any atom is 0.259 e. The van der Waals surface area contributed by atoms with Gasteiger partial charge in [0.05, 0.1) is 31.9 Å². The van der Waals surface area contributed by atoms with E-state index in [1.165, 1.54) is 6.07 Å². The summed E-state index contributed by atoms with van der Waals surface area (Å²) in [6.45, 7) is 1.90. The SMILES string of the molecule is COc1ccc([C@H]2[C@@H](C(=O)N3CCN(c4ccccc4F)CC3)c3ccccc3C(=O)N2c2ccc(OC)cc2)cc1. The summed E-state index contributed by atoms with van der Waals surface area (Å²) >= 11 is 0. The number of amides is 2. The van der Waals surface area contributed by atoms with E-state index in [9.17, 15) is 14.0 Å². The second kappa shape index (κ2) is 11.6. The van der Waals surface area contributed by atoms with Gasteiger partial charge in [-0.25, -0.2) is 4.39 Å². The summed E-state index contributed by atoms with van der Waals surface area (Å²) in [5.74, 6) is 0.183. The number of carbonyl (C=O) groups excluding carboxylic acids is 2. The van der Waals surface area contributed by atoms with Crippen LogP contribution in [0.5, 0.6) is 11.5 Å². The number of anilines is 2. The zero-order valence-corrected chi connectivity index (χ0v) is 23.6. The van der Waals surface area contributed by atoms with Gasteiger partial charge in [-0.1, -0.05) is 42.5 Å². The maximum absolute atomic E-state index is 14.6. The van der Waals surface area contributed by atoms with E-state index in [4.69, 9.17) is 9.47 Å². The molecule has 2 heterocycles. The first kappa shape index (κ1) is 27.3. The highest BCUT2D eigenvalue weighted by molar-refractivity contribution is 6.11. The monoisotopic (exact) mass is 565 g/mol. The molecule has 4 aromatic rings. The van der Waals surface area contributed by atoms with Gasteiger partial charge in [0, 0.05) is 37.4 Å². The van der Waals surface area contributed by atoms with Crippen LogP contribution in [-0.2, 0) is 4.79 Å². The molecule has 8 heteroatoms. The van der Waals surface area contributed by atoms with Gasteiger partial charge in [0.25, 0.3) is 5.91 Å². The van der Waals surface area contributed by atoms with Crippen LogP contribution in [0.3, 0.4) is 0 Å². The van der Waals surface area contributed by atoms with Crippen LogP contribution < -0.4 is 19.3 Å². The van der Waals surface area contributed by atoms with E-state index in [-0.39, 0.29) is 17.6 Å². The number of hydrogen-bond acceptors (Lipinski definition) is 5. The molecule has 0 N–H and O–H groups in total. The van der Waals surface area contributed by atoms with Crippen LogP contribution in [0.1, 0.15) is 33.4 Å². The van der Waals surface area contributed by atoms with E-state index in [1.54, 1.807) is 37.3 Å². The summed E-state index contributed by atoms with van der Waals surface area (Å²) in [4.78, 5) is 34.3. The van der Waals surface area contributed by atoms with Crippen molar-refractivity contribution >= 4 is 23.2 Å². The first-order chi connectivity index (χ1) is 20.5. The maximum atomic E-state index is 14.6. The molecule has 214 valence electrons. The standard InChI is InChI=1S/C34H32FN3O4/c1-41-25-15-11-23(12-16-25)32-31(34(40)37-21-19-36(20-22-37)30-10-6-5-9-29(30)35)27-7-3-4-8-28(27)33(39)38(32)24-13-17-26(42-2)18-14-24/h3-18,31-32H,19-22H2,1-2H3/t31-,32-/m0/s1. The van der Waals surface area contributed by atoms with Gasteiger partial charge in [-0.05, 0) is 65.7 Å². The Morgan fingerprint density at radius 2 is 1.36 bits per heavy atom. The first-order valence-electron chi connectivity index (χ1n) is 14.0. The number of halogens is 1. The molecule has 2 aliphatic heterocycles. The Kier molecular flexibility index (Phi) is 7.52. The van der Waals surface area contributed by atoms with Crippen LogP contribution >= 0.6 is 0 Å². The Hall–Kier alpha value is -4.85. The molecule has 0 bridgehead atoms. The van der Waals surface area contributed by atoms with E-state index in [0.717, 1.165) is 5.56 Å². The van der Waals surface area contributed by atoms with Crippen molar-refractivity contribution in [2.24, 2.45) is 0 Å². The largest absolute Gasteiger partial charge is 0.497 e. The molecule has 0 unspecified atom stereocenters. The molecule has 0 aliphatic carbocycles. The van der Waals surface area contributed by atoms with Gasteiger partial charge in [0.1, 0.15) is 17.3 Å². The smallest absolute Gasteiger partial charge is 0.259 e. The predicted octanol–water partition coefficient (Wildman–Crippen LogP) is 5.68. The zero-order valence-electron chi connectivity index (χ0n) is 23.6. The van der Waals surface area contributed by atoms with Gasteiger partial charge >= 0.3 is 0 Å². The number of nitrogens with zero attached hydrogens (tertiary/aromatic N) is 3. The number of ether oxygens (including phenoxy) is 2. The average Bonchev–Trinajstić information content (AvgIpc) is 3.05. The third-order valence-electron chi connectivity index (χ3n) is 8.20. The number of hydrogen-bond donors (Lipinski definition) is 0. The molecule has 0 radical (unpaired) electrons. The Morgan fingerprint density at radius 1 is 0.762 bits per heavy atom. The van der Waals surface area contributed by atoms with E-state index in [0.29, 0.717) is 60.2 Å². The summed E-state index contributed by atoms with van der Waals surface area (Å²) in [7, 11) is 3.20. The highest BCUT2D eigenvalue weighted by Gasteiger charge is 2.46. The second-order valence-electron chi connectivity index (χ2n) is 10.4. The molecular weight excluding hydrogens is 533 g/mol. The van der Waals surface area contributed by atoms with Crippen LogP contribution in [0.25, 0.3) is 0 Å². The van der Waals surface area contributed by atoms with Crippen molar-refractivity contribution in [1.29, 1.82) is 0 Å². The van der Waals surface area contributed by atoms with Crippen LogP contribution in [0.4, 0.5) is 15.8 Å². The summed E-state index contributed by atoms with van der Waals surface area (Å²) in [5.41, 5.74) is 3.23. The average molecular weight is 566 g/mol. The zero-order chi connectivity index (χ0) is 29.2. The molecule has 6 rings (SSSR count). The van der Waals surface area contributed by atoms with Gasteiger partial charge in [-0.2, -0.15) is 0 Å². The lowest BCUT2D eigenvalue weighted by Gasteiger charge is -2.44. The lowest BCUT2D eigenvalue weighted by Crippen LogP contribution is -2.53. The fraction of sp³-hybridized carbons (Fsp3) is 0.235. The van der Waals surface area contributed by atoms with Crippen LogP contribution in [0, 0.1) is 5.82 Å². The second-order valence-corrected chi connectivity index (χ2v) is 10.4. The molecule has 42 heavy (non-hydrogen) atoms. The molecule has 2 amide bonds. The van der Waals surface area contributed by atoms with Gasteiger partial charge in [-0.3, -0.25) is 14.5 Å². The molecule has 1 saturated heterocycles. The minimum Gasteiger partial charge on any atom is -0.497 e. The van der Waals surface area contributed by atoms with Crippen molar-refractivity contribution in [3.05, 3.63) is 120 Å². The quantitative estimate of drug-likeness (QED) is 0.301. The van der Waals surface area contributed by atoms with E-state index in [1.807, 2.05) is 82.6 Å². The van der Waals surface area contributed by atoms with Crippen molar-refractivity contribution in [2.45, 2.75) is 12.0 Å². The number of piperazine rings is 1. The van der Waals surface area contributed by atoms with Crippen molar-refractivity contribution in [3.63, 3.8) is 0 Å². The van der Waals surface area contributed by atoms with Crippen LogP contribution in [-0.4, -0.2) is 57.1 Å². The highest BCUT2D eigenvalue weighted by atomic mass is 19.1. The van der Waals surface area contributed by atoms with E-state index >= 15 is 0 Å². The third-order valence-corrected chi connectivity index (χ3v) is 8.20. The molecule has 2 aliphatic rings. The van der Waals surface area contributed by atoms with Crippen molar-refractivity contribution < 1.29 is 23.5 Å². The number of fused-ring (bicyclic) bond motifs is 1. The number of methoxy groups -OCH3 is 2. The minimum absolute atomic E-state index is 0.0672.